The zero-order valence-electron chi connectivity index (χ0n) is 11.4. The Morgan fingerprint density at radius 2 is 2.20 bits per heavy atom. The van der Waals surface area contributed by atoms with Crippen molar-refractivity contribution in [2.75, 3.05) is 18.5 Å². The fraction of sp³-hybridized carbons (Fsp3) is 0.692. The summed E-state index contributed by atoms with van der Waals surface area (Å²) in [7, 11) is 0. The molecule has 0 atom stereocenters. The number of aromatic amines is 1. The lowest BCUT2D eigenvalue weighted by Gasteiger charge is -2.26. The smallest absolute Gasteiger partial charge is 0.266 e. The van der Waals surface area contributed by atoms with Gasteiger partial charge in [-0.3, -0.25) is 4.79 Å². The Bertz CT molecular complexity index is 472. The molecule has 20 heavy (non-hydrogen) atoms. The van der Waals surface area contributed by atoms with Crippen LogP contribution in [0.15, 0.2) is 11.1 Å². The Balaban J connectivity index is 1.62. The highest BCUT2D eigenvalue weighted by atomic mass is 127. The Hall–Kier alpha value is -0.670. The summed E-state index contributed by atoms with van der Waals surface area (Å²) in [5, 5.41) is 3.16. The predicted octanol–water partition coefficient (Wildman–Crippen LogP) is 1.46. The molecular formula is C13H21IN4O2. The third kappa shape index (κ3) is 4.71. The van der Waals surface area contributed by atoms with Crippen LogP contribution < -0.4 is 16.6 Å². The Morgan fingerprint density at radius 1 is 1.45 bits per heavy atom. The highest BCUT2D eigenvalue weighted by molar-refractivity contribution is 14.1. The van der Waals surface area contributed by atoms with Crippen molar-refractivity contribution in [1.29, 1.82) is 0 Å². The van der Waals surface area contributed by atoms with E-state index in [-0.39, 0.29) is 5.56 Å². The molecule has 0 radical (unpaired) electrons. The van der Waals surface area contributed by atoms with Crippen molar-refractivity contribution in [2.45, 2.75) is 44.2 Å². The minimum Gasteiger partial charge on any atom is -0.378 e. The van der Waals surface area contributed by atoms with Gasteiger partial charge in [0, 0.05) is 19.2 Å². The average molecular weight is 392 g/mol. The van der Waals surface area contributed by atoms with E-state index in [1.54, 1.807) is 0 Å². The molecule has 0 amide bonds. The maximum absolute atomic E-state index is 11.4. The molecule has 1 aromatic heterocycles. The minimum absolute atomic E-state index is 0.113. The van der Waals surface area contributed by atoms with Gasteiger partial charge in [0.25, 0.3) is 5.56 Å². The molecule has 1 fully saturated rings. The number of rotatable bonds is 6. The zero-order chi connectivity index (χ0) is 14.4. The quantitative estimate of drug-likeness (QED) is 0.504. The van der Waals surface area contributed by atoms with Crippen LogP contribution in [0, 0.1) is 3.57 Å². The number of aromatic nitrogens is 2. The van der Waals surface area contributed by atoms with Crippen LogP contribution >= 0.6 is 22.6 Å². The molecule has 2 rings (SSSR count). The van der Waals surface area contributed by atoms with Crippen molar-refractivity contribution >= 4 is 28.4 Å². The number of anilines is 1. The third-order valence-electron chi connectivity index (χ3n) is 3.48. The topological polar surface area (TPSA) is 93.0 Å². The molecule has 0 spiro atoms. The maximum Gasteiger partial charge on any atom is 0.266 e. The summed E-state index contributed by atoms with van der Waals surface area (Å²) in [6.45, 7) is 1.48. The number of nitrogens with two attached hydrogens (primary N) is 1. The van der Waals surface area contributed by atoms with E-state index in [0.29, 0.717) is 21.5 Å². The highest BCUT2D eigenvalue weighted by Gasteiger charge is 2.18. The van der Waals surface area contributed by atoms with Crippen molar-refractivity contribution in [1.82, 2.24) is 9.97 Å². The highest BCUT2D eigenvalue weighted by Crippen LogP contribution is 2.19. The van der Waals surface area contributed by atoms with Crippen LogP contribution in [0.5, 0.6) is 0 Å². The summed E-state index contributed by atoms with van der Waals surface area (Å²) >= 11 is 1.99. The van der Waals surface area contributed by atoms with Crippen LogP contribution in [0.1, 0.15) is 32.1 Å². The van der Waals surface area contributed by atoms with Crippen molar-refractivity contribution in [3.8, 4) is 0 Å². The molecule has 1 aliphatic rings. The molecule has 0 bridgehead atoms. The van der Waals surface area contributed by atoms with E-state index in [1.165, 1.54) is 6.33 Å². The molecule has 1 aliphatic carbocycles. The van der Waals surface area contributed by atoms with Gasteiger partial charge >= 0.3 is 0 Å². The Morgan fingerprint density at radius 3 is 2.95 bits per heavy atom. The van der Waals surface area contributed by atoms with Gasteiger partial charge in [0.2, 0.25) is 0 Å². The largest absolute Gasteiger partial charge is 0.378 e. The van der Waals surface area contributed by atoms with Crippen molar-refractivity contribution in [3.05, 3.63) is 20.3 Å². The molecule has 1 heterocycles. The molecule has 0 saturated heterocycles. The number of H-pyrrole nitrogens is 1. The lowest BCUT2D eigenvalue weighted by Crippen LogP contribution is -2.30. The summed E-state index contributed by atoms with van der Waals surface area (Å²) in [5.41, 5.74) is 5.75. The van der Waals surface area contributed by atoms with E-state index in [1.807, 2.05) is 22.6 Å². The van der Waals surface area contributed by atoms with Crippen molar-refractivity contribution in [3.63, 3.8) is 0 Å². The van der Waals surface area contributed by atoms with E-state index in [9.17, 15) is 4.79 Å². The van der Waals surface area contributed by atoms with Gasteiger partial charge in [-0.2, -0.15) is 0 Å². The van der Waals surface area contributed by atoms with E-state index < -0.39 is 0 Å². The zero-order valence-corrected chi connectivity index (χ0v) is 13.6. The normalized spacial score (nSPS) is 22.7. The fourth-order valence-electron chi connectivity index (χ4n) is 2.29. The summed E-state index contributed by atoms with van der Waals surface area (Å²) in [4.78, 5) is 18.0. The minimum atomic E-state index is -0.113. The number of hydrogen-bond donors (Lipinski definition) is 3. The standard InChI is InChI=1S/C13H21IN4O2/c14-11-12(17-8-18-13(11)19)16-6-1-7-20-10-4-2-9(15)3-5-10/h8-10H,1-7,15H2,(H2,16,17,18,19). The second-order valence-corrected chi connectivity index (χ2v) is 6.16. The van der Waals surface area contributed by atoms with Gasteiger partial charge in [0.15, 0.2) is 0 Å². The average Bonchev–Trinajstić information content (AvgIpc) is 2.45. The van der Waals surface area contributed by atoms with Gasteiger partial charge in [-0.05, 0) is 54.7 Å². The van der Waals surface area contributed by atoms with Crippen molar-refractivity contribution in [2.24, 2.45) is 5.73 Å². The predicted molar refractivity (Wildman–Crippen MR) is 86.9 cm³/mol. The number of nitrogens with one attached hydrogen (secondary N) is 2. The first-order chi connectivity index (χ1) is 9.66. The lowest BCUT2D eigenvalue weighted by atomic mass is 9.94. The summed E-state index contributed by atoms with van der Waals surface area (Å²) in [6.07, 6.45) is 6.95. The number of ether oxygens (including phenoxy) is 1. The first-order valence-electron chi connectivity index (χ1n) is 7.01. The van der Waals surface area contributed by atoms with Crippen LogP contribution in [0.2, 0.25) is 0 Å². The number of hydrogen-bond acceptors (Lipinski definition) is 5. The molecule has 6 nitrogen and oxygen atoms in total. The SMILES string of the molecule is NC1CCC(OCCCNc2nc[nH]c(=O)c2I)CC1. The van der Waals surface area contributed by atoms with Gasteiger partial charge in [-0.1, -0.05) is 0 Å². The molecule has 1 aromatic rings. The summed E-state index contributed by atoms with van der Waals surface area (Å²) in [5.74, 6) is 0.637. The van der Waals surface area contributed by atoms with Gasteiger partial charge in [-0.25, -0.2) is 4.98 Å². The van der Waals surface area contributed by atoms with E-state index in [2.05, 4.69) is 15.3 Å². The molecule has 7 heteroatoms. The van der Waals surface area contributed by atoms with Crippen LogP contribution in [-0.2, 0) is 4.74 Å². The first kappa shape index (κ1) is 15.7. The van der Waals surface area contributed by atoms with Crippen LogP contribution in [-0.4, -0.2) is 35.3 Å². The molecule has 1 saturated carbocycles. The Labute approximate surface area is 132 Å². The molecule has 0 unspecified atom stereocenters. The lowest BCUT2D eigenvalue weighted by molar-refractivity contribution is 0.0251. The molecule has 0 aromatic carbocycles. The van der Waals surface area contributed by atoms with Crippen molar-refractivity contribution < 1.29 is 4.74 Å². The third-order valence-corrected chi connectivity index (χ3v) is 4.48. The molecule has 0 aliphatic heterocycles. The summed E-state index contributed by atoms with van der Waals surface area (Å²) < 4.78 is 6.43. The van der Waals surface area contributed by atoms with Crippen LogP contribution in [0.4, 0.5) is 5.82 Å². The van der Waals surface area contributed by atoms with Crippen LogP contribution in [0.3, 0.4) is 0 Å². The molecule has 4 N–H and O–H groups in total. The van der Waals surface area contributed by atoms with E-state index in [4.69, 9.17) is 10.5 Å². The number of halogens is 1. The first-order valence-corrected chi connectivity index (χ1v) is 8.09. The molecular weight excluding hydrogens is 371 g/mol. The van der Waals surface area contributed by atoms with E-state index >= 15 is 0 Å². The second-order valence-electron chi connectivity index (χ2n) is 5.08. The Kier molecular flexibility index (Phi) is 6.24. The second kappa shape index (κ2) is 7.94. The van der Waals surface area contributed by atoms with Gasteiger partial charge < -0.3 is 20.8 Å². The number of nitrogens with zero attached hydrogens (tertiary/aromatic N) is 1. The van der Waals surface area contributed by atoms with Gasteiger partial charge in [-0.15, -0.1) is 0 Å². The van der Waals surface area contributed by atoms with Crippen LogP contribution in [0.25, 0.3) is 0 Å². The van der Waals surface area contributed by atoms with E-state index in [0.717, 1.165) is 45.3 Å². The van der Waals surface area contributed by atoms with Gasteiger partial charge in [0.05, 0.1) is 12.4 Å². The summed E-state index contributed by atoms with van der Waals surface area (Å²) in [6, 6.07) is 0.362. The van der Waals surface area contributed by atoms with Gasteiger partial charge in [0.1, 0.15) is 9.39 Å². The monoisotopic (exact) mass is 392 g/mol. The fourth-order valence-corrected chi connectivity index (χ4v) is 2.78. The maximum atomic E-state index is 11.4. The molecule has 112 valence electrons.